The van der Waals surface area contributed by atoms with Crippen LogP contribution >= 0.6 is 23.2 Å². The zero-order valence-electron chi connectivity index (χ0n) is 16.7. The molecule has 0 saturated carbocycles. The van der Waals surface area contributed by atoms with Crippen molar-refractivity contribution in [2.24, 2.45) is 0 Å². The van der Waals surface area contributed by atoms with Gasteiger partial charge in [-0.3, -0.25) is 10.2 Å². The number of methoxy groups -OCH3 is 1. The van der Waals surface area contributed by atoms with Gasteiger partial charge in [0.2, 0.25) is 0 Å². The van der Waals surface area contributed by atoms with E-state index in [0.717, 1.165) is 22.6 Å². The number of hydrazine groups is 1. The maximum absolute atomic E-state index is 11.9. The van der Waals surface area contributed by atoms with Crippen LogP contribution in [-0.4, -0.2) is 23.1 Å². The zero-order chi connectivity index (χ0) is 22.1. The Morgan fingerprint density at radius 3 is 2.52 bits per heavy atom. The average Bonchev–Trinajstić information content (AvgIpc) is 2.78. The number of halogens is 2. The van der Waals surface area contributed by atoms with Gasteiger partial charge in [-0.05, 0) is 53.6 Å². The molecule has 0 aliphatic rings. The van der Waals surface area contributed by atoms with Gasteiger partial charge in [-0.15, -0.1) is 5.10 Å². The van der Waals surface area contributed by atoms with Crippen LogP contribution < -0.4 is 15.6 Å². The molecule has 0 aliphatic heterocycles. The summed E-state index contributed by atoms with van der Waals surface area (Å²) in [7, 11) is 1.61. The number of ketones is 1. The fourth-order valence-electron chi connectivity index (χ4n) is 2.57. The number of benzene rings is 2. The number of hydrogen-bond donors (Lipinski definition) is 2. The second kappa shape index (κ2) is 11.2. The lowest BCUT2D eigenvalue weighted by molar-refractivity contribution is -0.110. The normalized spacial score (nSPS) is 11.1. The largest absolute Gasteiger partial charge is 0.497 e. The second-order valence-corrected chi connectivity index (χ2v) is 7.28. The van der Waals surface area contributed by atoms with E-state index in [4.69, 9.17) is 27.9 Å². The van der Waals surface area contributed by atoms with E-state index in [1.807, 2.05) is 36.4 Å². The van der Waals surface area contributed by atoms with Crippen LogP contribution in [0.1, 0.15) is 16.8 Å². The highest BCUT2D eigenvalue weighted by Crippen LogP contribution is 2.23. The number of allylic oxidation sites excluding steroid dienone is 2. The van der Waals surface area contributed by atoms with E-state index in [1.165, 1.54) is 18.4 Å². The SMILES string of the molecule is COc1ccc(/C=C/C(=O)/C=C/NNc2ccc(Cc3ccc(Cl)cc3Cl)nn2)cc1. The third-order valence-electron chi connectivity index (χ3n) is 4.19. The van der Waals surface area contributed by atoms with Gasteiger partial charge in [-0.25, -0.2) is 0 Å². The molecular weight excluding hydrogens is 435 g/mol. The Labute approximate surface area is 190 Å². The van der Waals surface area contributed by atoms with Crippen molar-refractivity contribution in [3.8, 4) is 5.75 Å². The van der Waals surface area contributed by atoms with Crippen molar-refractivity contribution in [3.63, 3.8) is 0 Å². The number of nitrogens with one attached hydrogen (secondary N) is 2. The van der Waals surface area contributed by atoms with Gasteiger partial charge in [0.1, 0.15) is 5.75 Å². The molecule has 2 aromatic carbocycles. The number of nitrogens with zero attached hydrogens (tertiary/aromatic N) is 2. The van der Waals surface area contributed by atoms with E-state index >= 15 is 0 Å². The Morgan fingerprint density at radius 2 is 1.84 bits per heavy atom. The molecule has 0 unspecified atom stereocenters. The Bertz CT molecular complexity index is 1080. The Balaban J connectivity index is 1.45. The second-order valence-electron chi connectivity index (χ2n) is 6.43. The topological polar surface area (TPSA) is 76.1 Å². The summed E-state index contributed by atoms with van der Waals surface area (Å²) in [5.74, 6) is 1.12. The third-order valence-corrected chi connectivity index (χ3v) is 4.78. The zero-order valence-corrected chi connectivity index (χ0v) is 18.2. The molecule has 1 heterocycles. The van der Waals surface area contributed by atoms with Crippen LogP contribution in [0.15, 0.2) is 72.9 Å². The summed E-state index contributed by atoms with van der Waals surface area (Å²) in [6.45, 7) is 0. The number of carbonyl (C=O) groups excluding carboxylic acids is 1. The lowest BCUT2D eigenvalue weighted by atomic mass is 10.1. The maximum Gasteiger partial charge on any atom is 0.180 e. The van der Waals surface area contributed by atoms with E-state index in [1.54, 1.807) is 31.4 Å². The van der Waals surface area contributed by atoms with E-state index in [9.17, 15) is 4.79 Å². The smallest absolute Gasteiger partial charge is 0.180 e. The molecule has 1 aromatic heterocycles. The van der Waals surface area contributed by atoms with Gasteiger partial charge in [0.15, 0.2) is 11.6 Å². The third kappa shape index (κ3) is 7.13. The number of carbonyl (C=O) groups is 1. The van der Waals surface area contributed by atoms with E-state index in [0.29, 0.717) is 22.3 Å². The minimum atomic E-state index is -0.161. The molecule has 2 N–H and O–H groups in total. The summed E-state index contributed by atoms with van der Waals surface area (Å²) in [6.07, 6.45) is 6.65. The maximum atomic E-state index is 11.9. The summed E-state index contributed by atoms with van der Waals surface area (Å²) < 4.78 is 5.10. The lowest BCUT2D eigenvalue weighted by Crippen LogP contribution is -2.16. The van der Waals surface area contributed by atoms with Gasteiger partial charge in [0, 0.05) is 28.7 Å². The van der Waals surface area contributed by atoms with E-state index in [2.05, 4.69) is 21.0 Å². The van der Waals surface area contributed by atoms with Crippen LogP contribution in [0.4, 0.5) is 5.82 Å². The fraction of sp³-hybridized carbons (Fsp3) is 0.0870. The van der Waals surface area contributed by atoms with Crippen molar-refractivity contribution in [3.05, 3.63) is 99.8 Å². The first kappa shape index (κ1) is 22.3. The minimum Gasteiger partial charge on any atom is -0.497 e. The van der Waals surface area contributed by atoms with Gasteiger partial charge < -0.3 is 10.2 Å². The van der Waals surface area contributed by atoms with Crippen molar-refractivity contribution in [2.75, 3.05) is 12.5 Å². The highest BCUT2D eigenvalue weighted by atomic mass is 35.5. The minimum absolute atomic E-state index is 0.161. The van der Waals surface area contributed by atoms with Crippen molar-refractivity contribution < 1.29 is 9.53 Å². The predicted molar refractivity (Wildman–Crippen MR) is 124 cm³/mol. The summed E-state index contributed by atoms with van der Waals surface area (Å²) >= 11 is 12.1. The lowest BCUT2D eigenvalue weighted by Gasteiger charge is -2.06. The molecular formula is C23H20Cl2N4O2. The van der Waals surface area contributed by atoms with Crippen LogP contribution in [-0.2, 0) is 11.2 Å². The molecule has 0 fully saturated rings. The molecule has 3 rings (SSSR count). The summed E-state index contributed by atoms with van der Waals surface area (Å²) in [6, 6.07) is 16.4. The van der Waals surface area contributed by atoms with Gasteiger partial charge >= 0.3 is 0 Å². The molecule has 31 heavy (non-hydrogen) atoms. The van der Waals surface area contributed by atoms with Gasteiger partial charge in [0.05, 0.1) is 12.8 Å². The molecule has 158 valence electrons. The Morgan fingerprint density at radius 1 is 1.03 bits per heavy atom. The molecule has 0 atom stereocenters. The van der Waals surface area contributed by atoms with Crippen LogP contribution in [0, 0.1) is 0 Å². The molecule has 0 amide bonds. The van der Waals surface area contributed by atoms with Crippen molar-refractivity contribution in [1.29, 1.82) is 0 Å². The van der Waals surface area contributed by atoms with Crippen LogP contribution in [0.5, 0.6) is 5.75 Å². The van der Waals surface area contributed by atoms with Crippen LogP contribution in [0.2, 0.25) is 10.0 Å². The molecule has 3 aromatic rings. The number of rotatable bonds is 9. The van der Waals surface area contributed by atoms with Crippen LogP contribution in [0.3, 0.4) is 0 Å². The van der Waals surface area contributed by atoms with Crippen molar-refractivity contribution >= 4 is 40.9 Å². The molecule has 0 spiro atoms. The standard InChI is InChI=1S/C23H20Cl2N4O2/c1-31-21-9-3-16(4-10-21)2-8-20(30)12-13-26-28-23-11-7-19(27-29-23)14-17-5-6-18(24)15-22(17)25/h2-13,15,26H,14H2,1H3,(H,28,29)/b8-2+,13-12+. The fourth-order valence-corrected chi connectivity index (χ4v) is 3.04. The van der Waals surface area contributed by atoms with E-state index < -0.39 is 0 Å². The summed E-state index contributed by atoms with van der Waals surface area (Å²) in [4.78, 5) is 11.9. The first-order valence-electron chi connectivity index (χ1n) is 9.34. The Hall–Kier alpha value is -3.35. The Kier molecular flexibility index (Phi) is 8.04. The molecule has 6 nitrogen and oxygen atoms in total. The molecule has 0 radical (unpaired) electrons. The highest BCUT2D eigenvalue weighted by Gasteiger charge is 2.04. The number of hydrogen-bond acceptors (Lipinski definition) is 6. The van der Waals surface area contributed by atoms with Gasteiger partial charge in [0.25, 0.3) is 0 Å². The molecule has 0 bridgehead atoms. The molecule has 0 saturated heterocycles. The van der Waals surface area contributed by atoms with Crippen molar-refractivity contribution in [1.82, 2.24) is 15.6 Å². The number of aromatic nitrogens is 2. The van der Waals surface area contributed by atoms with Gasteiger partial charge in [-0.2, -0.15) is 5.10 Å². The average molecular weight is 455 g/mol. The molecule has 0 aliphatic carbocycles. The molecule has 8 heteroatoms. The highest BCUT2D eigenvalue weighted by molar-refractivity contribution is 6.35. The quantitative estimate of drug-likeness (QED) is 0.346. The number of anilines is 1. The summed E-state index contributed by atoms with van der Waals surface area (Å²) in [5.41, 5.74) is 8.24. The van der Waals surface area contributed by atoms with Crippen molar-refractivity contribution in [2.45, 2.75) is 6.42 Å². The van der Waals surface area contributed by atoms with Crippen LogP contribution in [0.25, 0.3) is 6.08 Å². The predicted octanol–water partition coefficient (Wildman–Crippen LogP) is 5.10. The number of ether oxygens (including phenoxy) is 1. The van der Waals surface area contributed by atoms with Gasteiger partial charge in [-0.1, -0.05) is 47.5 Å². The first-order valence-corrected chi connectivity index (χ1v) is 10.1. The first-order chi connectivity index (χ1) is 15.0. The monoisotopic (exact) mass is 454 g/mol. The van der Waals surface area contributed by atoms with E-state index in [-0.39, 0.29) is 5.78 Å². The summed E-state index contributed by atoms with van der Waals surface area (Å²) in [5, 5.41) is 9.45.